The fourth-order valence-corrected chi connectivity index (χ4v) is 2.67. The minimum atomic E-state index is 0.866. The lowest BCUT2D eigenvalue weighted by atomic mass is 10.1. The molecule has 104 valence electrons. The second-order valence-corrected chi connectivity index (χ2v) is 5.11. The van der Waals surface area contributed by atoms with E-state index in [4.69, 9.17) is 0 Å². The third kappa shape index (κ3) is 2.34. The SMILES string of the molecule is CNCc1ccnc(N2CCN(C)c3ccccc32)c1. The number of pyridine rings is 1. The fraction of sp³-hybridized carbons (Fsp3) is 0.312. The van der Waals surface area contributed by atoms with Crippen molar-refractivity contribution < 1.29 is 0 Å². The van der Waals surface area contributed by atoms with Gasteiger partial charge in [0.25, 0.3) is 0 Å². The van der Waals surface area contributed by atoms with Crippen LogP contribution < -0.4 is 15.1 Å². The monoisotopic (exact) mass is 268 g/mol. The van der Waals surface area contributed by atoms with Gasteiger partial charge in [-0.15, -0.1) is 0 Å². The van der Waals surface area contributed by atoms with Crippen LogP contribution >= 0.6 is 0 Å². The number of rotatable bonds is 3. The number of benzene rings is 1. The molecule has 0 amide bonds. The van der Waals surface area contributed by atoms with Crippen LogP contribution in [-0.4, -0.2) is 32.2 Å². The predicted molar refractivity (Wildman–Crippen MR) is 83.7 cm³/mol. The van der Waals surface area contributed by atoms with Crippen molar-refractivity contribution in [3.05, 3.63) is 48.2 Å². The van der Waals surface area contributed by atoms with Gasteiger partial charge in [0.1, 0.15) is 5.82 Å². The molecule has 0 aliphatic carbocycles. The third-order valence-electron chi connectivity index (χ3n) is 3.71. The average molecular weight is 268 g/mol. The van der Waals surface area contributed by atoms with Crippen molar-refractivity contribution in [2.24, 2.45) is 0 Å². The number of hydrogen-bond donors (Lipinski definition) is 1. The van der Waals surface area contributed by atoms with Crippen LogP contribution in [0.25, 0.3) is 0 Å². The van der Waals surface area contributed by atoms with E-state index in [0.717, 1.165) is 25.5 Å². The fourth-order valence-electron chi connectivity index (χ4n) is 2.67. The van der Waals surface area contributed by atoms with Crippen LogP contribution in [0.15, 0.2) is 42.6 Å². The molecule has 1 aliphatic heterocycles. The quantitative estimate of drug-likeness (QED) is 0.926. The van der Waals surface area contributed by atoms with E-state index in [-0.39, 0.29) is 0 Å². The molecule has 0 saturated carbocycles. The van der Waals surface area contributed by atoms with Gasteiger partial charge in [-0.05, 0) is 36.9 Å². The third-order valence-corrected chi connectivity index (χ3v) is 3.71. The molecule has 2 heterocycles. The largest absolute Gasteiger partial charge is 0.371 e. The van der Waals surface area contributed by atoms with Crippen molar-refractivity contribution in [1.29, 1.82) is 0 Å². The predicted octanol–water partition coefficient (Wildman–Crippen LogP) is 2.39. The van der Waals surface area contributed by atoms with E-state index in [1.807, 2.05) is 13.2 Å². The Morgan fingerprint density at radius 2 is 1.95 bits per heavy atom. The van der Waals surface area contributed by atoms with E-state index < -0.39 is 0 Å². The summed E-state index contributed by atoms with van der Waals surface area (Å²) in [7, 11) is 4.10. The van der Waals surface area contributed by atoms with E-state index >= 15 is 0 Å². The number of para-hydroxylation sites is 2. The topological polar surface area (TPSA) is 31.4 Å². The van der Waals surface area contributed by atoms with Gasteiger partial charge in [0.15, 0.2) is 0 Å². The zero-order valence-corrected chi connectivity index (χ0v) is 12.0. The van der Waals surface area contributed by atoms with Crippen molar-refractivity contribution in [3.63, 3.8) is 0 Å². The Morgan fingerprint density at radius 1 is 1.15 bits per heavy atom. The molecule has 1 aliphatic rings. The zero-order chi connectivity index (χ0) is 13.9. The van der Waals surface area contributed by atoms with Crippen LogP contribution in [0.4, 0.5) is 17.2 Å². The first-order chi connectivity index (χ1) is 9.79. The minimum absolute atomic E-state index is 0.866. The molecule has 20 heavy (non-hydrogen) atoms. The number of aromatic nitrogens is 1. The van der Waals surface area contributed by atoms with Crippen LogP contribution in [0.1, 0.15) is 5.56 Å². The summed E-state index contributed by atoms with van der Waals surface area (Å²) in [4.78, 5) is 9.14. The summed E-state index contributed by atoms with van der Waals surface area (Å²) < 4.78 is 0. The van der Waals surface area contributed by atoms with Crippen molar-refractivity contribution in [3.8, 4) is 0 Å². The number of hydrogen-bond acceptors (Lipinski definition) is 4. The van der Waals surface area contributed by atoms with E-state index in [0.29, 0.717) is 0 Å². The van der Waals surface area contributed by atoms with Gasteiger partial charge in [0, 0.05) is 32.9 Å². The molecule has 2 aromatic rings. The lowest BCUT2D eigenvalue weighted by Crippen LogP contribution is -2.36. The first-order valence-corrected chi connectivity index (χ1v) is 6.97. The average Bonchev–Trinajstić information content (AvgIpc) is 2.49. The molecule has 1 aromatic heterocycles. The molecule has 0 unspecified atom stereocenters. The molecule has 3 rings (SSSR count). The van der Waals surface area contributed by atoms with E-state index in [9.17, 15) is 0 Å². The van der Waals surface area contributed by atoms with Crippen LogP contribution in [-0.2, 0) is 6.54 Å². The Bertz CT molecular complexity index is 597. The molecule has 1 aromatic carbocycles. The molecule has 0 bridgehead atoms. The highest BCUT2D eigenvalue weighted by atomic mass is 15.3. The van der Waals surface area contributed by atoms with Gasteiger partial charge in [0.2, 0.25) is 0 Å². The standard InChI is InChI=1S/C16H20N4/c1-17-12-13-7-8-18-16(11-13)20-10-9-19(2)14-5-3-4-6-15(14)20/h3-8,11,17H,9-10,12H2,1-2H3. The first kappa shape index (κ1) is 12.9. The molecule has 0 saturated heterocycles. The molecular weight excluding hydrogens is 248 g/mol. The van der Waals surface area contributed by atoms with E-state index in [2.05, 4.69) is 63.5 Å². The highest BCUT2D eigenvalue weighted by Crippen LogP contribution is 2.35. The number of anilines is 3. The second-order valence-electron chi connectivity index (χ2n) is 5.11. The molecule has 0 atom stereocenters. The van der Waals surface area contributed by atoms with Crippen LogP contribution in [0.3, 0.4) is 0 Å². The molecule has 4 nitrogen and oxygen atoms in total. The second kappa shape index (κ2) is 5.51. The Morgan fingerprint density at radius 3 is 2.75 bits per heavy atom. The number of fused-ring (bicyclic) bond motifs is 1. The van der Waals surface area contributed by atoms with Crippen LogP contribution in [0.2, 0.25) is 0 Å². The smallest absolute Gasteiger partial charge is 0.133 e. The van der Waals surface area contributed by atoms with Gasteiger partial charge < -0.3 is 15.1 Å². The number of likely N-dealkylation sites (N-methyl/N-ethyl adjacent to an activating group) is 1. The van der Waals surface area contributed by atoms with Crippen molar-refractivity contribution in [2.45, 2.75) is 6.54 Å². The van der Waals surface area contributed by atoms with E-state index in [1.165, 1.54) is 16.9 Å². The maximum atomic E-state index is 4.55. The highest BCUT2D eigenvalue weighted by Gasteiger charge is 2.21. The summed E-state index contributed by atoms with van der Waals surface area (Å²) in [6.07, 6.45) is 1.89. The van der Waals surface area contributed by atoms with Gasteiger partial charge in [-0.2, -0.15) is 0 Å². The first-order valence-electron chi connectivity index (χ1n) is 6.97. The van der Waals surface area contributed by atoms with E-state index in [1.54, 1.807) is 0 Å². The van der Waals surface area contributed by atoms with Gasteiger partial charge in [-0.25, -0.2) is 4.98 Å². The zero-order valence-electron chi connectivity index (χ0n) is 12.0. The molecular formula is C16H20N4. The summed E-state index contributed by atoms with van der Waals surface area (Å²) in [5.41, 5.74) is 3.75. The minimum Gasteiger partial charge on any atom is -0.371 e. The lowest BCUT2D eigenvalue weighted by Gasteiger charge is -2.36. The molecule has 0 fully saturated rings. The summed E-state index contributed by atoms with van der Waals surface area (Å²) in [6, 6.07) is 12.7. The van der Waals surface area contributed by atoms with Crippen molar-refractivity contribution >= 4 is 17.2 Å². The van der Waals surface area contributed by atoms with Gasteiger partial charge in [-0.3, -0.25) is 0 Å². The van der Waals surface area contributed by atoms with Gasteiger partial charge >= 0.3 is 0 Å². The summed E-state index contributed by atoms with van der Waals surface area (Å²) in [5.74, 6) is 1.03. The summed E-state index contributed by atoms with van der Waals surface area (Å²) in [5, 5.41) is 3.19. The molecule has 4 heteroatoms. The van der Waals surface area contributed by atoms with Crippen molar-refractivity contribution in [1.82, 2.24) is 10.3 Å². The Kier molecular flexibility index (Phi) is 3.56. The molecule has 1 N–H and O–H groups in total. The highest BCUT2D eigenvalue weighted by molar-refractivity contribution is 5.78. The number of nitrogens with one attached hydrogen (secondary N) is 1. The van der Waals surface area contributed by atoms with Crippen LogP contribution in [0, 0.1) is 0 Å². The maximum absolute atomic E-state index is 4.55. The Labute approximate surface area is 120 Å². The lowest BCUT2D eigenvalue weighted by molar-refractivity contribution is 0.800. The number of nitrogens with zero attached hydrogens (tertiary/aromatic N) is 3. The van der Waals surface area contributed by atoms with Gasteiger partial charge in [-0.1, -0.05) is 12.1 Å². The van der Waals surface area contributed by atoms with Gasteiger partial charge in [0.05, 0.1) is 11.4 Å². The van der Waals surface area contributed by atoms with Crippen LogP contribution in [0.5, 0.6) is 0 Å². The molecule has 0 radical (unpaired) electrons. The summed E-state index contributed by atoms with van der Waals surface area (Å²) in [6.45, 7) is 2.84. The van der Waals surface area contributed by atoms with Crippen molar-refractivity contribution in [2.75, 3.05) is 37.0 Å². The normalized spacial score (nSPS) is 14.3. The molecule has 0 spiro atoms. The Hall–Kier alpha value is -2.07. The summed E-state index contributed by atoms with van der Waals surface area (Å²) >= 11 is 0. The Balaban J connectivity index is 1.99. The maximum Gasteiger partial charge on any atom is 0.133 e.